The van der Waals surface area contributed by atoms with Gasteiger partial charge < -0.3 is 15.4 Å². The Kier molecular flexibility index (Phi) is 4.64. The topological polar surface area (TPSA) is 38.5 Å². The number of rotatable bonds is 5. The van der Waals surface area contributed by atoms with Crippen molar-refractivity contribution in [1.82, 2.24) is 0 Å². The van der Waals surface area contributed by atoms with Gasteiger partial charge in [0.1, 0.15) is 5.75 Å². The average molecular weight is 270 g/mol. The summed E-state index contributed by atoms with van der Waals surface area (Å²) in [6.45, 7) is 2.80. The van der Waals surface area contributed by atoms with E-state index >= 15 is 0 Å². The third-order valence-electron chi connectivity index (χ3n) is 3.46. The van der Waals surface area contributed by atoms with Crippen molar-refractivity contribution in [3.8, 4) is 5.75 Å². The number of para-hydroxylation sites is 1. The van der Waals surface area contributed by atoms with Crippen LogP contribution < -0.4 is 15.4 Å². The van der Waals surface area contributed by atoms with Gasteiger partial charge in [-0.15, -0.1) is 0 Å². The highest BCUT2D eigenvalue weighted by Crippen LogP contribution is 2.23. The summed E-state index contributed by atoms with van der Waals surface area (Å²) in [6, 6.07) is 16.5. The van der Waals surface area contributed by atoms with Gasteiger partial charge in [-0.1, -0.05) is 30.3 Å². The van der Waals surface area contributed by atoms with Gasteiger partial charge in [0.25, 0.3) is 0 Å². The van der Waals surface area contributed by atoms with Gasteiger partial charge in [0.05, 0.1) is 7.11 Å². The van der Waals surface area contributed by atoms with Crippen LogP contribution in [0.25, 0.3) is 0 Å². The molecule has 0 fully saturated rings. The van der Waals surface area contributed by atoms with Crippen LogP contribution in [0.4, 0.5) is 5.69 Å². The van der Waals surface area contributed by atoms with E-state index in [1.54, 1.807) is 7.11 Å². The Morgan fingerprint density at radius 3 is 2.35 bits per heavy atom. The van der Waals surface area contributed by atoms with Gasteiger partial charge in [-0.2, -0.15) is 0 Å². The van der Waals surface area contributed by atoms with Crippen molar-refractivity contribution in [2.75, 3.05) is 19.1 Å². The van der Waals surface area contributed by atoms with Crippen LogP contribution in [0.5, 0.6) is 5.75 Å². The zero-order chi connectivity index (χ0) is 14.5. The summed E-state index contributed by atoms with van der Waals surface area (Å²) < 4.78 is 5.39. The first-order valence-corrected chi connectivity index (χ1v) is 6.80. The standard InChI is InChI=1S/C17H22N2O/c1-13(18)14-8-10-16(11-9-14)19(2)12-15-6-4-5-7-17(15)20-3/h4-11,13H,12,18H2,1-3H3. The van der Waals surface area contributed by atoms with Crippen molar-refractivity contribution < 1.29 is 4.74 Å². The Hall–Kier alpha value is -2.00. The summed E-state index contributed by atoms with van der Waals surface area (Å²) >= 11 is 0. The Labute approximate surface area is 121 Å². The molecular weight excluding hydrogens is 248 g/mol. The molecule has 106 valence electrons. The number of nitrogens with zero attached hydrogens (tertiary/aromatic N) is 1. The SMILES string of the molecule is COc1ccccc1CN(C)c1ccc(C(C)N)cc1. The summed E-state index contributed by atoms with van der Waals surface area (Å²) in [5.41, 5.74) is 9.37. The van der Waals surface area contributed by atoms with Gasteiger partial charge in [0.15, 0.2) is 0 Å². The minimum absolute atomic E-state index is 0.0728. The molecule has 2 rings (SSSR count). The van der Waals surface area contributed by atoms with Gasteiger partial charge in [0, 0.05) is 30.9 Å². The van der Waals surface area contributed by atoms with Crippen molar-refractivity contribution in [2.24, 2.45) is 5.73 Å². The molecule has 0 aliphatic heterocycles. The lowest BCUT2D eigenvalue weighted by molar-refractivity contribution is 0.409. The second kappa shape index (κ2) is 6.44. The van der Waals surface area contributed by atoms with Crippen LogP contribution >= 0.6 is 0 Å². The van der Waals surface area contributed by atoms with Gasteiger partial charge in [0.2, 0.25) is 0 Å². The van der Waals surface area contributed by atoms with E-state index in [2.05, 4.69) is 42.3 Å². The molecule has 0 saturated heterocycles. The Morgan fingerprint density at radius 1 is 1.10 bits per heavy atom. The van der Waals surface area contributed by atoms with Crippen LogP contribution in [-0.4, -0.2) is 14.2 Å². The molecule has 0 saturated carbocycles. The highest BCUT2D eigenvalue weighted by Gasteiger charge is 2.07. The molecule has 0 aliphatic carbocycles. The van der Waals surface area contributed by atoms with Crippen LogP contribution in [0.2, 0.25) is 0 Å². The van der Waals surface area contributed by atoms with E-state index in [1.807, 2.05) is 25.1 Å². The smallest absolute Gasteiger partial charge is 0.123 e. The summed E-state index contributed by atoms with van der Waals surface area (Å²) in [5.74, 6) is 0.923. The highest BCUT2D eigenvalue weighted by atomic mass is 16.5. The van der Waals surface area contributed by atoms with E-state index in [4.69, 9.17) is 10.5 Å². The predicted molar refractivity (Wildman–Crippen MR) is 84.1 cm³/mol. The van der Waals surface area contributed by atoms with Crippen molar-refractivity contribution >= 4 is 5.69 Å². The van der Waals surface area contributed by atoms with Gasteiger partial charge in [-0.05, 0) is 30.7 Å². The number of anilines is 1. The van der Waals surface area contributed by atoms with E-state index in [1.165, 1.54) is 11.3 Å². The second-order valence-electron chi connectivity index (χ2n) is 5.05. The molecule has 0 radical (unpaired) electrons. The molecule has 1 unspecified atom stereocenters. The van der Waals surface area contributed by atoms with Gasteiger partial charge in [-0.3, -0.25) is 0 Å². The number of hydrogen-bond acceptors (Lipinski definition) is 3. The zero-order valence-corrected chi connectivity index (χ0v) is 12.3. The van der Waals surface area contributed by atoms with Crippen LogP contribution in [-0.2, 0) is 6.54 Å². The first kappa shape index (κ1) is 14.4. The van der Waals surface area contributed by atoms with E-state index in [0.717, 1.165) is 17.9 Å². The molecule has 0 bridgehead atoms. The largest absolute Gasteiger partial charge is 0.496 e. The first-order valence-electron chi connectivity index (χ1n) is 6.80. The van der Waals surface area contributed by atoms with E-state index in [9.17, 15) is 0 Å². The quantitative estimate of drug-likeness (QED) is 0.905. The normalized spacial score (nSPS) is 12.0. The summed E-state index contributed by atoms with van der Waals surface area (Å²) in [5, 5.41) is 0. The van der Waals surface area contributed by atoms with E-state index in [0.29, 0.717) is 0 Å². The predicted octanol–water partition coefficient (Wildman–Crippen LogP) is 3.35. The second-order valence-corrected chi connectivity index (χ2v) is 5.05. The van der Waals surface area contributed by atoms with Gasteiger partial charge in [-0.25, -0.2) is 0 Å². The fraction of sp³-hybridized carbons (Fsp3) is 0.294. The number of hydrogen-bond donors (Lipinski definition) is 1. The minimum Gasteiger partial charge on any atom is -0.496 e. The maximum atomic E-state index is 5.87. The molecule has 3 heteroatoms. The molecule has 0 spiro atoms. The van der Waals surface area contributed by atoms with Crippen molar-refractivity contribution in [1.29, 1.82) is 0 Å². The molecule has 2 aromatic carbocycles. The van der Waals surface area contributed by atoms with Crippen molar-refractivity contribution in [3.05, 3.63) is 59.7 Å². The molecule has 3 nitrogen and oxygen atoms in total. The number of ether oxygens (including phenoxy) is 1. The maximum absolute atomic E-state index is 5.87. The van der Waals surface area contributed by atoms with E-state index in [-0.39, 0.29) is 6.04 Å². The third kappa shape index (κ3) is 3.31. The third-order valence-corrected chi connectivity index (χ3v) is 3.46. The lowest BCUT2D eigenvalue weighted by Gasteiger charge is -2.21. The molecule has 0 aliphatic rings. The van der Waals surface area contributed by atoms with Crippen LogP contribution in [0.3, 0.4) is 0 Å². The maximum Gasteiger partial charge on any atom is 0.123 e. The summed E-state index contributed by atoms with van der Waals surface area (Å²) in [7, 11) is 3.78. The summed E-state index contributed by atoms with van der Waals surface area (Å²) in [4.78, 5) is 2.20. The van der Waals surface area contributed by atoms with Gasteiger partial charge >= 0.3 is 0 Å². The monoisotopic (exact) mass is 270 g/mol. The average Bonchev–Trinajstić information content (AvgIpc) is 2.48. The minimum atomic E-state index is 0.0728. The lowest BCUT2D eigenvalue weighted by atomic mass is 10.1. The number of methoxy groups -OCH3 is 1. The molecule has 0 heterocycles. The fourth-order valence-electron chi connectivity index (χ4n) is 2.21. The van der Waals surface area contributed by atoms with E-state index < -0.39 is 0 Å². The summed E-state index contributed by atoms with van der Waals surface area (Å²) in [6.07, 6.45) is 0. The first-order chi connectivity index (χ1) is 9.61. The van der Waals surface area contributed by atoms with Crippen LogP contribution in [0.1, 0.15) is 24.1 Å². The molecule has 0 aromatic heterocycles. The van der Waals surface area contributed by atoms with Crippen LogP contribution in [0.15, 0.2) is 48.5 Å². The molecule has 2 N–H and O–H groups in total. The van der Waals surface area contributed by atoms with Crippen LogP contribution in [0, 0.1) is 0 Å². The Balaban J connectivity index is 2.13. The Morgan fingerprint density at radius 2 is 1.75 bits per heavy atom. The fourth-order valence-corrected chi connectivity index (χ4v) is 2.21. The zero-order valence-electron chi connectivity index (χ0n) is 12.3. The number of nitrogens with two attached hydrogens (primary N) is 1. The molecule has 2 aromatic rings. The number of benzene rings is 2. The molecular formula is C17H22N2O. The molecule has 0 amide bonds. The van der Waals surface area contributed by atoms with Crippen molar-refractivity contribution in [3.63, 3.8) is 0 Å². The van der Waals surface area contributed by atoms with Crippen molar-refractivity contribution in [2.45, 2.75) is 19.5 Å². The molecule has 1 atom stereocenters. The highest BCUT2D eigenvalue weighted by molar-refractivity contribution is 5.49. The lowest BCUT2D eigenvalue weighted by Crippen LogP contribution is -2.17. The molecule has 20 heavy (non-hydrogen) atoms. The Bertz CT molecular complexity index is 549.